The Kier molecular flexibility index (Phi) is 3.60. The van der Waals surface area contributed by atoms with Gasteiger partial charge in [0.2, 0.25) is 0 Å². The molecule has 3 aromatic rings. The fraction of sp³-hybridized carbons (Fsp3) is 0.0588. The van der Waals surface area contributed by atoms with Gasteiger partial charge in [-0.15, -0.1) is 0 Å². The maximum Gasteiger partial charge on any atom is 0.0504 e. The standard InChI is InChI=1S/C17H13ClOS/c1-20(19)16-11-5-10-15(18)17(16)14-9-4-7-12-6-2-3-8-13(12)14/h2-11H,1H3. The van der Waals surface area contributed by atoms with E-state index in [0.717, 1.165) is 26.8 Å². The van der Waals surface area contributed by atoms with Gasteiger partial charge in [-0.2, -0.15) is 0 Å². The minimum Gasteiger partial charge on any atom is -0.255 e. The van der Waals surface area contributed by atoms with Crippen molar-refractivity contribution in [2.24, 2.45) is 0 Å². The van der Waals surface area contributed by atoms with Crippen LogP contribution in [-0.2, 0) is 10.8 Å². The summed E-state index contributed by atoms with van der Waals surface area (Å²) in [6.07, 6.45) is 1.68. The highest BCUT2D eigenvalue weighted by molar-refractivity contribution is 7.84. The van der Waals surface area contributed by atoms with Crippen LogP contribution in [0.4, 0.5) is 0 Å². The van der Waals surface area contributed by atoms with E-state index in [1.165, 1.54) is 0 Å². The van der Waals surface area contributed by atoms with Crippen LogP contribution < -0.4 is 0 Å². The van der Waals surface area contributed by atoms with Gasteiger partial charge in [-0.25, -0.2) is 0 Å². The fourth-order valence-electron chi connectivity index (χ4n) is 2.45. The molecule has 0 saturated heterocycles. The molecule has 3 rings (SSSR count). The normalized spacial score (nSPS) is 12.5. The molecule has 0 aliphatic carbocycles. The Morgan fingerprint density at radius 1 is 0.900 bits per heavy atom. The van der Waals surface area contributed by atoms with E-state index in [1.807, 2.05) is 42.5 Å². The Morgan fingerprint density at radius 2 is 1.60 bits per heavy atom. The molecule has 0 saturated carbocycles. The quantitative estimate of drug-likeness (QED) is 0.658. The second-order valence-corrected chi connectivity index (χ2v) is 6.35. The Morgan fingerprint density at radius 3 is 2.40 bits per heavy atom. The number of rotatable bonds is 2. The SMILES string of the molecule is CS(=O)c1cccc(Cl)c1-c1cccc2ccccc12. The highest BCUT2D eigenvalue weighted by atomic mass is 35.5. The fourth-order valence-corrected chi connectivity index (χ4v) is 3.56. The summed E-state index contributed by atoms with van der Waals surface area (Å²) < 4.78 is 12.0. The molecule has 0 heterocycles. The van der Waals surface area contributed by atoms with E-state index in [2.05, 4.69) is 18.2 Å². The molecule has 1 nitrogen and oxygen atoms in total. The number of hydrogen-bond donors (Lipinski definition) is 0. The van der Waals surface area contributed by atoms with E-state index >= 15 is 0 Å². The van der Waals surface area contributed by atoms with Gasteiger partial charge in [0.25, 0.3) is 0 Å². The molecule has 0 radical (unpaired) electrons. The number of halogens is 1. The third-order valence-corrected chi connectivity index (χ3v) is 4.62. The van der Waals surface area contributed by atoms with Crippen molar-refractivity contribution >= 4 is 33.2 Å². The van der Waals surface area contributed by atoms with Crippen molar-refractivity contribution in [2.45, 2.75) is 4.90 Å². The minimum absolute atomic E-state index is 0.633. The molecule has 1 unspecified atom stereocenters. The summed E-state index contributed by atoms with van der Waals surface area (Å²) in [6, 6.07) is 19.8. The lowest BCUT2D eigenvalue weighted by Gasteiger charge is -2.12. The van der Waals surface area contributed by atoms with Crippen molar-refractivity contribution in [3.63, 3.8) is 0 Å². The number of fused-ring (bicyclic) bond motifs is 1. The predicted octanol–water partition coefficient (Wildman–Crippen LogP) is 4.90. The molecule has 20 heavy (non-hydrogen) atoms. The van der Waals surface area contributed by atoms with E-state index in [4.69, 9.17) is 11.6 Å². The van der Waals surface area contributed by atoms with Crippen molar-refractivity contribution < 1.29 is 4.21 Å². The molecule has 0 aliphatic heterocycles. The second kappa shape index (κ2) is 5.39. The van der Waals surface area contributed by atoms with Crippen LogP contribution in [0.5, 0.6) is 0 Å². The van der Waals surface area contributed by atoms with Gasteiger partial charge in [-0.3, -0.25) is 4.21 Å². The van der Waals surface area contributed by atoms with Gasteiger partial charge < -0.3 is 0 Å². The molecular formula is C17H13ClOS. The van der Waals surface area contributed by atoms with Crippen molar-refractivity contribution in [3.05, 3.63) is 65.7 Å². The third kappa shape index (κ3) is 2.26. The van der Waals surface area contributed by atoms with Gasteiger partial charge >= 0.3 is 0 Å². The first-order valence-electron chi connectivity index (χ1n) is 6.28. The van der Waals surface area contributed by atoms with E-state index < -0.39 is 10.8 Å². The van der Waals surface area contributed by atoms with Crippen molar-refractivity contribution in [1.29, 1.82) is 0 Å². The molecule has 3 aromatic carbocycles. The molecular weight excluding hydrogens is 288 g/mol. The summed E-state index contributed by atoms with van der Waals surface area (Å²) in [6.45, 7) is 0. The molecule has 0 fully saturated rings. The maximum absolute atomic E-state index is 12.0. The van der Waals surface area contributed by atoms with Gasteiger partial charge in [-0.05, 0) is 28.5 Å². The van der Waals surface area contributed by atoms with Crippen LogP contribution in [0.25, 0.3) is 21.9 Å². The molecule has 3 heteroatoms. The molecule has 0 aromatic heterocycles. The average molecular weight is 301 g/mol. The zero-order chi connectivity index (χ0) is 14.1. The van der Waals surface area contributed by atoms with Crippen LogP contribution >= 0.6 is 11.6 Å². The van der Waals surface area contributed by atoms with Crippen molar-refractivity contribution in [1.82, 2.24) is 0 Å². The van der Waals surface area contributed by atoms with E-state index in [9.17, 15) is 4.21 Å². The Hall–Kier alpha value is -1.64. The molecule has 0 bridgehead atoms. The Labute approximate surface area is 125 Å². The molecule has 0 spiro atoms. The van der Waals surface area contributed by atoms with Crippen LogP contribution in [-0.4, -0.2) is 10.5 Å². The van der Waals surface area contributed by atoms with Gasteiger partial charge in [-0.1, -0.05) is 60.1 Å². The molecule has 0 N–H and O–H groups in total. The summed E-state index contributed by atoms with van der Waals surface area (Å²) in [5.74, 6) is 0. The van der Waals surface area contributed by atoms with Crippen LogP contribution in [0.2, 0.25) is 5.02 Å². The van der Waals surface area contributed by atoms with Crippen molar-refractivity contribution in [3.8, 4) is 11.1 Å². The van der Waals surface area contributed by atoms with Gasteiger partial charge in [0, 0.05) is 21.7 Å². The second-order valence-electron chi connectivity index (χ2n) is 4.59. The van der Waals surface area contributed by atoms with E-state index in [-0.39, 0.29) is 0 Å². The maximum atomic E-state index is 12.0. The number of hydrogen-bond acceptors (Lipinski definition) is 1. The summed E-state index contributed by atoms with van der Waals surface area (Å²) in [5.41, 5.74) is 1.89. The number of benzene rings is 3. The van der Waals surface area contributed by atoms with Gasteiger partial charge in [0.1, 0.15) is 0 Å². The zero-order valence-corrected chi connectivity index (χ0v) is 12.5. The van der Waals surface area contributed by atoms with Crippen LogP contribution in [0.3, 0.4) is 0 Å². The average Bonchev–Trinajstić information content (AvgIpc) is 2.46. The lowest BCUT2D eigenvalue weighted by atomic mass is 9.98. The Balaban J connectivity index is 2.40. The highest BCUT2D eigenvalue weighted by Crippen LogP contribution is 2.37. The first kappa shape index (κ1) is 13.3. The predicted molar refractivity (Wildman–Crippen MR) is 86.7 cm³/mol. The first-order chi connectivity index (χ1) is 9.68. The lowest BCUT2D eigenvalue weighted by Crippen LogP contribution is -1.93. The van der Waals surface area contributed by atoms with Crippen LogP contribution in [0.1, 0.15) is 0 Å². The Bertz CT molecular complexity index is 806. The molecule has 100 valence electrons. The smallest absolute Gasteiger partial charge is 0.0504 e. The molecule has 0 aliphatic rings. The van der Waals surface area contributed by atoms with Gasteiger partial charge in [0.05, 0.1) is 10.8 Å². The lowest BCUT2D eigenvalue weighted by molar-refractivity contribution is 0.687. The summed E-state index contributed by atoms with van der Waals surface area (Å²) >= 11 is 6.37. The third-order valence-electron chi connectivity index (χ3n) is 3.34. The van der Waals surface area contributed by atoms with Crippen LogP contribution in [0, 0.1) is 0 Å². The summed E-state index contributed by atoms with van der Waals surface area (Å²) in [7, 11) is -1.08. The van der Waals surface area contributed by atoms with Crippen molar-refractivity contribution in [2.75, 3.05) is 6.26 Å². The largest absolute Gasteiger partial charge is 0.255 e. The highest BCUT2D eigenvalue weighted by Gasteiger charge is 2.14. The van der Waals surface area contributed by atoms with E-state index in [1.54, 1.807) is 6.26 Å². The zero-order valence-electron chi connectivity index (χ0n) is 11.0. The molecule has 1 atom stereocenters. The minimum atomic E-state index is -1.08. The first-order valence-corrected chi connectivity index (χ1v) is 8.22. The topological polar surface area (TPSA) is 17.1 Å². The van der Waals surface area contributed by atoms with Gasteiger partial charge in [0.15, 0.2) is 0 Å². The summed E-state index contributed by atoms with van der Waals surface area (Å²) in [4.78, 5) is 0.772. The monoisotopic (exact) mass is 300 g/mol. The van der Waals surface area contributed by atoms with Crippen LogP contribution in [0.15, 0.2) is 65.6 Å². The molecule has 0 amide bonds. The van der Waals surface area contributed by atoms with E-state index in [0.29, 0.717) is 5.02 Å². The summed E-state index contributed by atoms with van der Waals surface area (Å²) in [5, 5.41) is 2.90.